The predicted octanol–water partition coefficient (Wildman–Crippen LogP) is 15.2. The number of ether oxygens (including phenoxy) is 3. The number of rotatable bonds is 16. The van der Waals surface area contributed by atoms with E-state index in [0.29, 0.717) is 26.3 Å². The van der Waals surface area contributed by atoms with Gasteiger partial charge in [0.25, 0.3) is 0 Å². The summed E-state index contributed by atoms with van der Waals surface area (Å²) in [6.07, 6.45) is -4.56. The number of thioether (sulfide) groups is 3. The van der Waals surface area contributed by atoms with E-state index in [0.717, 1.165) is 97.7 Å². The van der Waals surface area contributed by atoms with Crippen LogP contribution in [0.2, 0.25) is 0 Å². The predicted molar refractivity (Wildman–Crippen MR) is 326 cm³/mol. The fourth-order valence-corrected chi connectivity index (χ4v) is 14.3. The highest BCUT2D eigenvalue weighted by Crippen LogP contribution is 2.46. The van der Waals surface area contributed by atoms with Gasteiger partial charge in [-0.25, -0.2) is 15.0 Å². The van der Waals surface area contributed by atoms with Crippen molar-refractivity contribution < 1.29 is 40.6 Å². The van der Waals surface area contributed by atoms with Crippen LogP contribution in [0.25, 0.3) is 0 Å². The molecule has 1 N–H and O–H groups in total. The summed E-state index contributed by atoms with van der Waals surface area (Å²) in [6.45, 7) is 8.26. The van der Waals surface area contributed by atoms with Crippen LogP contribution < -0.4 is 5.32 Å². The van der Waals surface area contributed by atoms with Crippen molar-refractivity contribution in [2.45, 2.75) is 74.6 Å². The van der Waals surface area contributed by atoms with Crippen LogP contribution in [0.1, 0.15) is 54.7 Å². The van der Waals surface area contributed by atoms with Crippen molar-refractivity contribution in [1.82, 2.24) is 30.1 Å². The van der Waals surface area contributed by atoms with Crippen LogP contribution in [-0.4, -0.2) is 102 Å². The quantitative estimate of drug-likeness (QED) is 0.0568. The van der Waals surface area contributed by atoms with Gasteiger partial charge in [-0.1, -0.05) is 187 Å². The van der Waals surface area contributed by atoms with Crippen molar-refractivity contribution in [2.24, 2.45) is 0 Å². The fourth-order valence-electron chi connectivity index (χ4n) is 9.80. The van der Waals surface area contributed by atoms with Crippen LogP contribution in [0.5, 0.6) is 0 Å². The van der Waals surface area contributed by atoms with Gasteiger partial charge in [0.05, 0.1) is 65.0 Å². The lowest BCUT2D eigenvalue weighted by Crippen LogP contribution is -2.44. The van der Waals surface area contributed by atoms with Gasteiger partial charge in [-0.2, -0.15) is 26.3 Å². The highest BCUT2D eigenvalue weighted by molar-refractivity contribution is 14.1. The number of nitrogens with one attached hydrogen (secondary N) is 1. The molecule has 5 aromatic carbocycles. The van der Waals surface area contributed by atoms with Crippen molar-refractivity contribution in [1.29, 1.82) is 0 Å². The molecular formula is C64H63F6IN6O3S3. The average Bonchev–Trinajstić information content (AvgIpc) is 3.69. The summed E-state index contributed by atoms with van der Waals surface area (Å²) in [5.74, 6) is 0. The lowest BCUT2D eigenvalue weighted by Gasteiger charge is -2.37. The van der Waals surface area contributed by atoms with Crippen LogP contribution in [0.3, 0.4) is 0 Å². The molecule has 3 aromatic heterocycles. The molecule has 83 heavy (non-hydrogen) atoms. The van der Waals surface area contributed by atoms with E-state index >= 15 is 0 Å². The minimum absolute atomic E-state index is 0.0203. The number of nitrogens with zero attached hydrogens (tertiary/aromatic N) is 5. The van der Waals surface area contributed by atoms with Crippen molar-refractivity contribution in [2.75, 3.05) is 59.1 Å². The number of hydrogen-bond donors (Lipinski definition) is 1. The topological polar surface area (TPSA) is 84.9 Å². The molecule has 3 fully saturated rings. The third kappa shape index (κ3) is 18.6. The van der Waals surface area contributed by atoms with Crippen molar-refractivity contribution in [3.8, 4) is 0 Å². The lowest BCUT2D eigenvalue weighted by atomic mass is 10.1. The Hall–Kier alpha value is -5.33. The number of aromatic nitrogens is 3. The molecule has 3 aliphatic heterocycles. The second-order valence-electron chi connectivity index (χ2n) is 19.7. The van der Waals surface area contributed by atoms with Gasteiger partial charge in [-0.15, -0.1) is 0 Å². The maximum atomic E-state index is 13.6. The molecule has 19 heteroatoms. The Labute approximate surface area is 507 Å². The van der Waals surface area contributed by atoms with Gasteiger partial charge in [-0.3, -0.25) is 9.80 Å². The van der Waals surface area contributed by atoms with Crippen molar-refractivity contribution in [3.63, 3.8) is 0 Å². The molecule has 3 saturated heterocycles. The fraction of sp³-hybridized carbons (Fsp3) is 0.297. The normalized spacial score (nSPS) is 19.0. The first-order chi connectivity index (χ1) is 40.4. The summed E-state index contributed by atoms with van der Waals surface area (Å²) in [5.41, 5.74) is 4.29. The summed E-state index contributed by atoms with van der Waals surface area (Å²) in [5, 5.41) is 3.90. The maximum absolute atomic E-state index is 13.6. The standard InChI is InChI=1S/C24H23F3N2OS.C23H23IN2OS.C17H17F3N2OS/c25-24(26,27)20-12-7-13-28-23(20)31-22(19-10-5-2-6-11-19)21-17-29(14-15-30-21)16-18-8-3-1-4-9-18;24-20-12-7-13-25-23(20)28-22(19-10-5-2-6-11-19)21-17-26(14-15-27-21)16-18-8-3-1-4-9-18;18-17(19,20)13-7-4-8-22-16(13)24-15(12-5-2-1-3-6-12)14-11-21-9-10-23-14/h1-13,21-22H,14-17H2;1-13,21-22H,14-17H2;1-8,14-15,21H,9-11H2/t2*21-,22-;14-,15-/m000/s1. The second kappa shape index (κ2) is 31.2. The Bertz CT molecular complexity index is 3180. The van der Waals surface area contributed by atoms with E-state index in [4.69, 9.17) is 14.2 Å². The van der Waals surface area contributed by atoms with Gasteiger partial charge in [0.2, 0.25) is 0 Å². The summed E-state index contributed by atoms with van der Waals surface area (Å²) in [4.78, 5) is 17.4. The first-order valence-corrected chi connectivity index (χ1v) is 31.0. The van der Waals surface area contributed by atoms with Crippen LogP contribution in [0.4, 0.5) is 26.3 Å². The van der Waals surface area contributed by atoms with E-state index in [1.807, 2.05) is 103 Å². The Balaban J connectivity index is 0.000000151. The first kappa shape index (κ1) is 62.2. The Kier molecular flexibility index (Phi) is 23.4. The number of alkyl halides is 6. The zero-order valence-electron chi connectivity index (χ0n) is 45.2. The Morgan fingerprint density at radius 2 is 0.819 bits per heavy atom. The Morgan fingerprint density at radius 1 is 0.458 bits per heavy atom. The number of morpholine rings is 3. The number of pyridine rings is 3. The zero-order chi connectivity index (χ0) is 57.9. The molecule has 0 radical (unpaired) electrons. The van der Waals surface area contributed by atoms with E-state index in [9.17, 15) is 26.3 Å². The summed E-state index contributed by atoms with van der Waals surface area (Å²) in [6, 6.07) is 59.5. The molecule has 0 saturated carbocycles. The third-order valence-corrected chi connectivity index (χ3v) is 19.2. The smallest absolute Gasteiger partial charge is 0.374 e. The number of benzene rings is 5. The molecule has 3 aliphatic rings. The molecule has 0 aliphatic carbocycles. The molecule has 0 bridgehead atoms. The van der Waals surface area contributed by atoms with Crippen molar-refractivity contribution >= 4 is 57.9 Å². The third-order valence-electron chi connectivity index (χ3n) is 13.8. The Morgan fingerprint density at radius 3 is 1.20 bits per heavy atom. The SMILES string of the molecule is FC(F)(F)c1cccnc1S[C@@H](c1ccccc1)[C@@H]1CN(Cc2ccccc2)CCO1.FC(F)(F)c1cccnc1S[C@@H](c1ccccc1)[C@@H]1CNCCO1.Ic1cccnc1S[C@@H](c1ccccc1)[C@@H]1CN(Cc2ccccc2)CCO1. The van der Waals surface area contributed by atoms with Gasteiger partial charge in [0.1, 0.15) is 15.1 Å². The van der Waals surface area contributed by atoms with Crippen LogP contribution in [0, 0.1) is 3.57 Å². The molecule has 0 unspecified atom stereocenters. The summed E-state index contributed by atoms with van der Waals surface area (Å²) < 4.78 is 99.8. The molecule has 0 amide bonds. The second-order valence-corrected chi connectivity index (χ2v) is 24.3. The first-order valence-electron chi connectivity index (χ1n) is 27.2. The van der Waals surface area contributed by atoms with E-state index in [-0.39, 0.29) is 44.1 Å². The van der Waals surface area contributed by atoms with Crippen LogP contribution in [-0.2, 0) is 39.7 Å². The van der Waals surface area contributed by atoms with E-state index < -0.39 is 23.5 Å². The monoisotopic (exact) mass is 1300 g/mol. The molecule has 8 aromatic rings. The molecular weight excluding hydrogens is 1240 g/mol. The van der Waals surface area contributed by atoms with Gasteiger partial charge in [0.15, 0.2) is 0 Å². The highest BCUT2D eigenvalue weighted by Gasteiger charge is 2.39. The van der Waals surface area contributed by atoms with Gasteiger partial charge in [-0.05, 0) is 86.8 Å². The average molecular weight is 1300 g/mol. The number of halogens is 7. The van der Waals surface area contributed by atoms with Crippen molar-refractivity contribution in [3.05, 3.63) is 249 Å². The summed E-state index contributed by atoms with van der Waals surface area (Å²) >= 11 is 6.41. The molecule has 9 nitrogen and oxygen atoms in total. The molecule has 6 heterocycles. The van der Waals surface area contributed by atoms with Gasteiger partial charge >= 0.3 is 12.4 Å². The number of hydrogen-bond acceptors (Lipinski definition) is 12. The molecule has 6 atom stereocenters. The van der Waals surface area contributed by atoms with Crippen LogP contribution in [0.15, 0.2) is 222 Å². The summed E-state index contributed by atoms with van der Waals surface area (Å²) in [7, 11) is 0. The molecule has 11 rings (SSSR count). The van der Waals surface area contributed by atoms with E-state index in [2.05, 4.69) is 132 Å². The van der Waals surface area contributed by atoms with E-state index in [1.165, 1.54) is 44.8 Å². The molecule has 434 valence electrons. The minimum Gasteiger partial charge on any atom is -0.374 e. The maximum Gasteiger partial charge on any atom is 0.419 e. The van der Waals surface area contributed by atoms with Crippen LogP contribution >= 0.6 is 57.9 Å². The minimum atomic E-state index is -4.45. The highest BCUT2D eigenvalue weighted by atomic mass is 127. The molecule has 0 spiro atoms. The lowest BCUT2D eigenvalue weighted by molar-refractivity contribution is -0.141. The van der Waals surface area contributed by atoms with E-state index in [1.54, 1.807) is 0 Å². The van der Waals surface area contributed by atoms with Gasteiger partial charge < -0.3 is 19.5 Å². The van der Waals surface area contributed by atoms with Gasteiger partial charge in [0, 0.05) is 74.5 Å². The zero-order valence-corrected chi connectivity index (χ0v) is 49.8. The largest absolute Gasteiger partial charge is 0.419 e.